The molecule has 3 rings (SSSR count). The summed E-state index contributed by atoms with van der Waals surface area (Å²) >= 11 is 0. The molecule has 0 saturated carbocycles. The monoisotopic (exact) mass is 445 g/mol. The molecule has 1 fully saturated rings. The lowest BCUT2D eigenvalue weighted by Gasteiger charge is -2.26. The molecular weight excluding hydrogens is 421 g/mol. The smallest absolute Gasteiger partial charge is 0.257 e. The molecule has 0 N–H and O–H groups in total. The quantitative estimate of drug-likeness (QED) is 0.654. The van der Waals surface area contributed by atoms with Crippen molar-refractivity contribution in [2.24, 2.45) is 0 Å². The number of hydrogen-bond acceptors (Lipinski definition) is 5. The van der Waals surface area contributed by atoms with E-state index in [0.29, 0.717) is 31.7 Å². The number of ether oxygens (including phenoxy) is 1. The maximum absolute atomic E-state index is 14.6. The van der Waals surface area contributed by atoms with Crippen LogP contribution in [0.4, 0.5) is 4.39 Å². The molecule has 1 saturated heterocycles. The van der Waals surface area contributed by atoms with Crippen LogP contribution < -0.4 is 0 Å². The van der Waals surface area contributed by atoms with Crippen molar-refractivity contribution in [2.75, 3.05) is 32.8 Å². The van der Waals surface area contributed by atoms with Crippen molar-refractivity contribution in [1.82, 2.24) is 9.21 Å². The van der Waals surface area contributed by atoms with Crippen LogP contribution in [-0.4, -0.2) is 56.4 Å². The third-order valence-corrected chi connectivity index (χ3v) is 6.91. The van der Waals surface area contributed by atoms with Crippen molar-refractivity contribution in [1.29, 1.82) is 5.26 Å². The number of benzene rings is 2. The molecule has 0 bridgehead atoms. The van der Waals surface area contributed by atoms with Gasteiger partial charge in [0.2, 0.25) is 10.0 Å². The van der Waals surface area contributed by atoms with Crippen LogP contribution in [0.5, 0.6) is 0 Å². The lowest BCUT2D eigenvalue weighted by Crippen LogP contribution is -2.40. The Bertz CT molecular complexity index is 1070. The topological polar surface area (TPSA) is 90.7 Å². The summed E-state index contributed by atoms with van der Waals surface area (Å²) in [5, 5.41) is 8.93. The van der Waals surface area contributed by atoms with Crippen molar-refractivity contribution >= 4 is 15.9 Å². The Labute approximate surface area is 181 Å². The van der Waals surface area contributed by atoms with Gasteiger partial charge >= 0.3 is 0 Å². The number of sulfonamides is 1. The van der Waals surface area contributed by atoms with E-state index in [4.69, 9.17) is 10.00 Å². The molecule has 1 aliphatic heterocycles. The summed E-state index contributed by atoms with van der Waals surface area (Å²) in [6.45, 7) is 3.50. The van der Waals surface area contributed by atoms with Crippen LogP contribution in [0.25, 0.3) is 0 Å². The molecule has 0 aromatic heterocycles. The number of carbonyl (C=O) groups is 1. The van der Waals surface area contributed by atoms with E-state index in [2.05, 4.69) is 0 Å². The Hall–Kier alpha value is -2.80. The molecule has 1 amide bonds. The fourth-order valence-electron chi connectivity index (χ4n) is 3.36. The van der Waals surface area contributed by atoms with Crippen molar-refractivity contribution < 1.29 is 22.3 Å². The molecule has 2 aromatic carbocycles. The highest BCUT2D eigenvalue weighted by Crippen LogP contribution is 2.22. The minimum absolute atomic E-state index is 0.117. The summed E-state index contributed by atoms with van der Waals surface area (Å²) in [5.41, 5.74) is 1.01. The SMILES string of the molecule is CCCN(Cc1ccc(C#N)cc1)C(=O)c1cc(S(=O)(=O)N2CCOCC2)ccc1F. The van der Waals surface area contributed by atoms with E-state index in [1.54, 1.807) is 24.3 Å². The molecule has 1 heterocycles. The van der Waals surface area contributed by atoms with Gasteiger partial charge in [-0.2, -0.15) is 9.57 Å². The van der Waals surface area contributed by atoms with Crippen LogP contribution in [0, 0.1) is 17.1 Å². The molecule has 31 heavy (non-hydrogen) atoms. The minimum atomic E-state index is -3.85. The number of halogens is 1. The standard InChI is InChI=1S/C22H24FN3O4S/c1-2-9-25(16-18-5-3-17(15-24)4-6-18)22(27)20-14-19(7-8-21(20)23)31(28,29)26-10-12-30-13-11-26/h3-8,14H,2,9-13,16H2,1H3. The zero-order valence-corrected chi connectivity index (χ0v) is 18.1. The van der Waals surface area contributed by atoms with Crippen LogP contribution in [0.1, 0.15) is 34.8 Å². The highest BCUT2D eigenvalue weighted by atomic mass is 32.2. The van der Waals surface area contributed by atoms with E-state index in [0.717, 1.165) is 17.7 Å². The first-order chi connectivity index (χ1) is 14.9. The lowest BCUT2D eigenvalue weighted by atomic mass is 10.1. The van der Waals surface area contributed by atoms with E-state index in [1.807, 2.05) is 13.0 Å². The minimum Gasteiger partial charge on any atom is -0.379 e. The summed E-state index contributed by atoms with van der Waals surface area (Å²) in [6.07, 6.45) is 0.648. The number of hydrogen-bond donors (Lipinski definition) is 0. The summed E-state index contributed by atoms with van der Waals surface area (Å²) in [7, 11) is -3.85. The van der Waals surface area contributed by atoms with Gasteiger partial charge in [0, 0.05) is 26.2 Å². The average Bonchev–Trinajstić information content (AvgIpc) is 2.79. The van der Waals surface area contributed by atoms with Gasteiger partial charge in [0.05, 0.1) is 35.3 Å². The summed E-state index contributed by atoms with van der Waals surface area (Å²) in [4.78, 5) is 14.5. The summed E-state index contributed by atoms with van der Waals surface area (Å²) in [6, 6.07) is 12.1. The number of carbonyl (C=O) groups excluding carboxylic acids is 1. The van der Waals surface area contributed by atoms with Gasteiger partial charge in [-0.05, 0) is 42.3 Å². The molecule has 1 aliphatic rings. The third-order valence-electron chi connectivity index (χ3n) is 5.01. The molecule has 0 unspecified atom stereocenters. The van der Waals surface area contributed by atoms with E-state index in [-0.39, 0.29) is 30.1 Å². The van der Waals surface area contributed by atoms with Gasteiger partial charge < -0.3 is 9.64 Å². The first-order valence-electron chi connectivity index (χ1n) is 10.0. The Morgan fingerprint density at radius 1 is 1.19 bits per heavy atom. The Morgan fingerprint density at radius 3 is 2.48 bits per heavy atom. The Morgan fingerprint density at radius 2 is 1.87 bits per heavy atom. The van der Waals surface area contributed by atoms with Gasteiger partial charge in [0.25, 0.3) is 5.91 Å². The first kappa shape index (κ1) is 22.9. The van der Waals surface area contributed by atoms with Crippen LogP contribution in [0.15, 0.2) is 47.4 Å². The number of amides is 1. The van der Waals surface area contributed by atoms with Crippen LogP contribution >= 0.6 is 0 Å². The molecule has 9 heteroatoms. The average molecular weight is 446 g/mol. The highest BCUT2D eigenvalue weighted by Gasteiger charge is 2.28. The number of nitrogens with zero attached hydrogens (tertiary/aromatic N) is 3. The number of nitriles is 1. The molecule has 164 valence electrons. The second-order valence-electron chi connectivity index (χ2n) is 7.19. The van der Waals surface area contributed by atoms with Gasteiger partial charge in [-0.25, -0.2) is 12.8 Å². The van der Waals surface area contributed by atoms with Crippen molar-refractivity contribution in [3.8, 4) is 6.07 Å². The van der Waals surface area contributed by atoms with Gasteiger partial charge in [0.1, 0.15) is 5.82 Å². The second-order valence-corrected chi connectivity index (χ2v) is 9.13. The van der Waals surface area contributed by atoms with Gasteiger partial charge in [-0.1, -0.05) is 19.1 Å². The van der Waals surface area contributed by atoms with Gasteiger partial charge in [-0.15, -0.1) is 0 Å². The van der Waals surface area contributed by atoms with Gasteiger partial charge in [0.15, 0.2) is 0 Å². The fourth-order valence-corrected chi connectivity index (χ4v) is 4.80. The van der Waals surface area contributed by atoms with Crippen molar-refractivity contribution in [2.45, 2.75) is 24.8 Å². The molecule has 0 aliphatic carbocycles. The van der Waals surface area contributed by atoms with Crippen molar-refractivity contribution in [3.63, 3.8) is 0 Å². The van der Waals surface area contributed by atoms with E-state index >= 15 is 0 Å². The van der Waals surface area contributed by atoms with E-state index < -0.39 is 21.7 Å². The normalized spacial score (nSPS) is 14.7. The zero-order chi connectivity index (χ0) is 22.4. The maximum atomic E-state index is 14.6. The van der Waals surface area contributed by atoms with E-state index in [9.17, 15) is 17.6 Å². The third kappa shape index (κ3) is 5.28. The molecule has 0 radical (unpaired) electrons. The molecule has 7 nitrogen and oxygen atoms in total. The van der Waals surface area contributed by atoms with Crippen molar-refractivity contribution in [3.05, 3.63) is 65.0 Å². The summed E-state index contributed by atoms with van der Waals surface area (Å²) in [5.74, 6) is -1.35. The number of morpholine rings is 1. The predicted octanol–water partition coefficient (Wildman–Crippen LogP) is 2.77. The highest BCUT2D eigenvalue weighted by molar-refractivity contribution is 7.89. The molecule has 0 spiro atoms. The summed E-state index contributed by atoms with van der Waals surface area (Å²) < 4.78 is 46.9. The zero-order valence-electron chi connectivity index (χ0n) is 17.3. The van der Waals surface area contributed by atoms with Crippen LogP contribution in [0.2, 0.25) is 0 Å². The largest absolute Gasteiger partial charge is 0.379 e. The predicted molar refractivity (Wildman–Crippen MR) is 112 cm³/mol. The molecule has 2 aromatic rings. The fraction of sp³-hybridized carbons (Fsp3) is 0.364. The Kier molecular flexibility index (Phi) is 7.38. The van der Waals surface area contributed by atoms with Gasteiger partial charge in [-0.3, -0.25) is 4.79 Å². The van der Waals surface area contributed by atoms with Crippen LogP contribution in [-0.2, 0) is 21.3 Å². The lowest BCUT2D eigenvalue weighted by molar-refractivity contribution is 0.0728. The maximum Gasteiger partial charge on any atom is 0.257 e. The second kappa shape index (κ2) is 10.0. The van der Waals surface area contributed by atoms with E-state index in [1.165, 1.54) is 15.3 Å². The molecule has 0 atom stereocenters. The first-order valence-corrected chi connectivity index (χ1v) is 11.5. The number of rotatable bonds is 7. The van der Waals surface area contributed by atoms with Crippen LogP contribution in [0.3, 0.4) is 0 Å². The molecular formula is C22H24FN3O4S. The Balaban J connectivity index is 1.88.